The third-order valence-corrected chi connectivity index (χ3v) is 4.17. The Morgan fingerprint density at radius 2 is 1.92 bits per heavy atom. The summed E-state index contributed by atoms with van der Waals surface area (Å²) in [4.78, 5) is 20.9. The van der Waals surface area contributed by atoms with Crippen LogP contribution in [-0.2, 0) is 4.74 Å². The van der Waals surface area contributed by atoms with Gasteiger partial charge in [0.2, 0.25) is 0 Å². The van der Waals surface area contributed by atoms with Gasteiger partial charge < -0.3 is 14.5 Å². The van der Waals surface area contributed by atoms with E-state index in [9.17, 15) is 4.79 Å². The van der Waals surface area contributed by atoms with Crippen molar-refractivity contribution in [1.82, 2.24) is 9.88 Å². The highest BCUT2D eigenvalue weighted by Crippen LogP contribution is 2.26. The van der Waals surface area contributed by atoms with E-state index in [1.54, 1.807) is 6.20 Å². The third-order valence-electron chi connectivity index (χ3n) is 4.17. The monoisotopic (exact) mass is 325 g/mol. The molecule has 0 saturated carbocycles. The summed E-state index contributed by atoms with van der Waals surface area (Å²) in [6.07, 6.45) is 1.56. The minimum Gasteiger partial charge on any atom is -0.367 e. The number of ether oxygens (including phenoxy) is 1. The van der Waals surface area contributed by atoms with E-state index in [2.05, 4.69) is 4.98 Å². The van der Waals surface area contributed by atoms with Crippen molar-refractivity contribution in [2.24, 2.45) is 0 Å². The number of pyridine rings is 1. The average molecular weight is 325 g/mol. The predicted molar refractivity (Wildman–Crippen MR) is 94.2 cm³/mol. The number of amides is 1. The second kappa shape index (κ2) is 7.01. The SMILES string of the molecule is C[C@@H]1CN(C(=O)c2ccc(N(C)C)nc2)C[C@H](c2ccccc2)O1. The maximum Gasteiger partial charge on any atom is 0.255 e. The number of rotatable bonds is 3. The molecule has 3 rings (SSSR count). The molecule has 1 saturated heterocycles. The van der Waals surface area contributed by atoms with E-state index in [0.717, 1.165) is 11.4 Å². The van der Waals surface area contributed by atoms with Crippen molar-refractivity contribution >= 4 is 11.7 Å². The molecule has 0 N–H and O–H groups in total. The van der Waals surface area contributed by atoms with Gasteiger partial charge >= 0.3 is 0 Å². The Balaban J connectivity index is 1.76. The minimum absolute atomic E-state index is 0.00177. The number of morpholine rings is 1. The molecule has 0 spiro atoms. The summed E-state index contributed by atoms with van der Waals surface area (Å²) in [5.41, 5.74) is 1.71. The summed E-state index contributed by atoms with van der Waals surface area (Å²) < 4.78 is 6.02. The summed E-state index contributed by atoms with van der Waals surface area (Å²) >= 11 is 0. The summed E-state index contributed by atoms with van der Waals surface area (Å²) in [5.74, 6) is 0.841. The Hall–Kier alpha value is -2.40. The summed E-state index contributed by atoms with van der Waals surface area (Å²) in [6.45, 7) is 3.16. The van der Waals surface area contributed by atoms with Gasteiger partial charge in [0.05, 0.1) is 18.2 Å². The topological polar surface area (TPSA) is 45.7 Å². The van der Waals surface area contributed by atoms with Crippen LogP contribution in [0, 0.1) is 0 Å². The van der Waals surface area contributed by atoms with E-state index in [4.69, 9.17) is 4.74 Å². The zero-order valence-electron chi connectivity index (χ0n) is 14.3. The molecular formula is C19H23N3O2. The van der Waals surface area contributed by atoms with Gasteiger partial charge in [-0.15, -0.1) is 0 Å². The predicted octanol–water partition coefficient (Wildman–Crippen LogP) is 2.75. The van der Waals surface area contributed by atoms with Gasteiger partial charge in [-0.25, -0.2) is 4.98 Å². The zero-order valence-corrected chi connectivity index (χ0v) is 14.3. The maximum atomic E-state index is 12.8. The van der Waals surface area contributed by atoms with Crippen LogP contribution in [-0.4, -0.2) is 49.1 Å². The Morgan fingerprint density at radius 1 is 1.17 bits per heavy atom. The summed E-state index contributed by atoms with van der Waals surface area (Å²) in [5, 5.41) is 0. The highest BCUT2D eigenvalue weighted by Gasteiger charge is 2.29. The Kier molecular flexibility index (Phi) is 4.81. The van der Waals surface area contributed by atoms with Crippen LogP contribution in [0.4, 0.5) is 5.82 Å². The second-order valence-electron chi connectivity index (χ2n) is 6.36. The van der Waals surface area contributed by atoms with Crippen molar-refractivity contribution in [2.45, 2.75) is 19.1 Å². The molecule has 1 aliphatic rings. The first kappa shape index (κ1) is 16.5. The standard InChI is InChI=1S/C19H23N3O2/c1-14-12-22(13-17(24-14)15-7-5-4-6-8-15)19(23)16-9-10-18(20-11-16)21(2)3/h4-11,14,17H,12-13H2,1-3H3/t14-,17-/m1/s1. The first-order valence-corrected chi connectivity index (χ1v) is 8.17. The molecule has 0 aliphatic carbocycles. The summed E-state index contributed by atoms with van der Waals surface area (Å²) in [6, 6.07) is 13.8. The number of benzene rings is 1. The molecule has 0 unspecified atom stereocenters. The van der Waals surface area contributed by atoms with Crippen LogP contribution in [0.25, 0.3) is 0 Å². The van der Waals surface area contributed by atoms with Gasteiger partial charge in [-0.3, -0.25) is 4.79 Å². The number of carbonyl (C=O) groups is 1. The molecule has 2 heterocycles. The Bertz CT molecular complexity index is 686. The number of hydrogen-bond acceptors (Lipinski definition) is 4. The van der Waals surface area contributed by atoms with Crippen LogP contribution >= 0.6 is 0 Å². The molecule has 0 radical (unpaired) electrons. The van der Waals surface area contributed by atoms with E-state index in [1.807, 2.05) is 73.3 Å². The quantitative estimate of drug-likeness (QED) is 0.870. The van der Waals surface area contributed by atoms with Gasteiger partial charge in [0, 0.05) is 26.8 Å². The van der Waals surface area contributed by atoms with Crippen molar-refractivity contribution in [3.63, 3.8) is 0 Å². The van der Waals surface area contributed by atoms with Gasteiger partial charge in [-0.1, -0.05) is 30.3 Å². The van der Waals surface area contributed by atoms with E-state index < -0.39 is 0 Å². The van der Waals surface area contributed by atoms with Crippen molar-refractivity contribution in [3.8, 4) is 0 Å². The van der Waals surface area contributed by atoms with Crippen LogP contribution in [0.15, 0.2) is 48.7 Å². The Labute approximate surface area is 142 Å². The van der Waals surface area contributed by atoms with Gasteiger partial charge in [0.1, 0.15) is 11.9 Å². The Morgan fingerprint density at radius 3 is 2.54 bits per heavy atom. The van der Waals surface area contributed by atoms with E-state index >= 15 is 0 Å². The van der Waals surface area contributed by atoms with Crippen LogP contribution < -0.4 is 4.90 Å². The molecule has 24 heavy (non-hydrogen) atoms. The van der Waals surface area contributed by atoms with Crippen molar-refractivity contribution in [2.75, 3.05) is 32.1 Å². The zero-order chi connectivity index (χ0) is 17.1. The highest BCUT2D eigenvalue weighted by atomic mass is 16.5. The molecule has 126 valence electrons. The van der Waals surface area contributed by atoms with Crippen LogP contribution in [0.2, 0.25) is 0 Å². The molecule has 1 aliphatic heterocycles. The fourth-order valence-corrected chi connectivity index (χ4v) is 2.93. The number of anilines is 1. The number of aromatic nitrogens is 1. The lowest BCUT2D eigenvalue weighted by molar-refractivity contribution is -0.0691. The molecule has 2 aromatic rings. The second-order valence-corrected chi connectivity index (χ2v) is 6.36. The third kappa shape index (κ3) is 3.57. The normalized spacial score (nSPS) is 20.7. The van der Waals surface area contributed by atoms with E-state index in [1.165, 1.54) is 0 Å². The van der Waals surface area contributed by atoms with Crippen LogP contribution in [0.5, 0.6) is 0 Å². The first-order valence-electron chi connectivity index (χ1n) is 8.17. The minimum atomic E-state index is -0.0899. The number of carbonyl (C=O) groups excluding carboxylic acids is 1. The average Bonchev–Trinajstić information content (AvgIpc) is 2.61. The van der Waals surface area contributed by atoms with Gasteiger partial charge in [-0.2, -0.15) is 0 Å². The van der Waals surface area contributed by atoms with E-state index in [-0.39, 0.29) is 18.1 Å². The molecule has 0 bridgehead atoms. The number of hydrogen-bond donors (Lipinski definition) is 0. The molecule has 5 nitrogen and oxygen atoms in total. The van der Waals surface area contributed by atoms with Crippen molar-refractivity contribution < 1.29 is 9.53 Å². The molecule has 1 aromatic heterocycles. The molecule has 1 fully saturated rings. The molecule has 2 atom stereocenters. The van der Waals surface area contributed by atoms with Gasteiger partial charge in [0.15, 0.2) is 0 Å². The molecule has 5 heteroatoms. The smallest absolute Gasteiger partial charge is 0.255 e. The number of nitrogens with zero attached hydrogens (tertiary/aromatic N) is 3. The lowest BCUT2D eigenvalue weighted by Crippen LogP contribution is -2.46. The van der Waals surface area contributed by atoms with Crippen molar-refractivity contribution in [1.29, 1.82) is 0 Å². The molecule has 1 aromatic carbocycles. The first-order chi connectivity index (χ1) is 11.5. The lowest BCUT2D eigenvalue weighted by Gasteiger charge is -2.37. The fraction of sp³-hybridized carbons (Fsp3) is 0.368. The lowest BCUT2D eigenvalue weighted by atomic mass is 10.1. The van der Waals surface area contributed by atoms with Gasteiger partial charge in [0.25, 0.3) is 5.91 Å². The highest BCUT2D eigenvalue weighted by molar-refractivity contribution is 5.94. The van der Waals surface area contributed by atoms with Crippen molar-refractivity contribution in [3.05, 3.63) is 59.8 Å². The maximum absolute atomic E-state index is 12.8. The van der Waals surface area contributed by atoms with Gasteiger partial charge in [-0.05, 0) is 24.6 Å². The molecule has 1 amide bonds. The van der Waals surface area contributed by atoms with Crippen LogP contribution in [0.3, 0.4) is 0 Å². The molecular weight excluding hydrogens is 302 g/mol. The summed E-state index contributed by atoms with van der Waals surface area (Å²) in [7, 11) is 3.86. The fourth-order valence-electron chi connectivity index (χ4n) is 2.93. The van der Waals surface area contributed by atoms with Crippen LogP contribution in [0.1, 0.15) is 28.9 Å². The van der Waals surface area contributed by atoms with E-state index in [0.29, 0.717) is 18.7 Å². The largest absolute Gasteiger partial charge is 0.367 e.